The summed E-state index contributed by atoms with van der Waals surface area (Å²) in [5, 5.41) is 0. The standard InChI is InChI=1S/C25H31N3O3/c1-19-9-10-23(31-2)22(15-19)28-18-21(16-24(28)29)25(30)27-12-6-11-26(13-14-27)17-20-7-4-3-5-8-20/h3-5,7-10,15,21H,6,11-14,16-18H2,1-2H3. The van der Waals surface area contributed by atoms with Gasteiger partial charge in [0.05, 0.1) is 18.7 Å². The quantitative estimate of drug-likeness (QED) is 0.745. The summed E-state index contributed by atoms with van der Waals surface area (Å²) in [7, 11) is 1.61. The van der Waals surface area contributed by atoms with Crippen molar-refractivity contribution in [3.05, 3.63) is 59.7 Å². The van der Waals surface area contributed by atoms with Crippen LogP contribution in [0, 0.1) is 12.8 Å². The van der Waals surface area contributed by atoms with Gasteiger partial charge in [0.1, 0.15) is 5.75 Å². The van der Waals surface area contributed by atoms with Gasteiger partial charge in [0.15, 0.2) is 0 Å². The number of amides is 2. The van der Waals surface area contributed by atoms with Crippen molar-refractivity contribution in [2.45, 2.75) is 26.3 Å². The number of rotatable bonds is 5. The Morgan fingerprint density at radius 2 is 1.87 bits per heavy atom. The van der Waals surface area contributed by atoms with E-state index in [0.717, 1.165) is 43.9 Å². The number of hydrogen-bond donors (Lipinski definition) is 0. The fourth-order valence-electron chi connectivity index (χ4n) is 4.57. The molecule has 0 aromatic heterocycles. The van der Waals surface area contributed by atoms with Crippen LogP contribution in [0.5, 0.6) is 5.75 Å². The molecule has 2 aromatic carbocycles. The Kier molecular flexibility index (Phi) is 6.56. The second-order valence-electron chi connectivity index (χ2n) is 8.52. The number of hydrogen-bond acceptors (Lipinski definition) is 4. The van der Waals surface area contributed by atoms with E-state index >= 15 is 0 Å². The third-order valence-electron chi connectivity index (χ3n) is 6.25. The SMILES string of the molecule is COc1ccc(C)cc1N1CC(C(=O)N2CCCN(Cc3ccccc3)CC2)CC1=O. The first-order valence-corrected chi connectivity index (χ1v) is 11.0. The molecule has 0 spiro atoms. The second-order valence-corrected chi connectivity index (χ2v) is 8.52. The molecule has 2 aliphatic rings. The molecule has 0 saturated carbocycles. The number of nitrogens with zero attached hydrogens (tertiary/aromatic N) is 3. The van der Waals surface area contributed by atoms with Crippen LogP contribution in [0.15, 0.2) is 48.5 Å². The average Bonchev–Trinajstić information content (AvgIpc) is 3.01. The highest BCUT2D eigenvalue weighted by Gasteiger charge is 2.38. The van der Waals surface area contributed by atoms with Gasteiger partial charge in [0.25, 0.3) is 0 Å². The zero-order valence-corrected chi connectivity index (χ0v) is 18.4. The zero-order valence-electron chi connectivity index (χ0n) is 18.4. The summed E-state index contributed by atoms with van der Waals surface area (Å²) in [4.78, 5) is 32.1. The van der Waals surface area contributed by atoms with E-state index in [2.05, 4.69) is 29.2 Å². The highest BCUT2D eigenvalue weighted by molar-refractivity contribution is 6.01. The van der Waals surface area contributed by atoms with Gasteiger partial charge >= 0.3 is 0 Å². The van der Waals surface area contributed by atoms with Gasteiger partial charge in [-0.1, -0.05) is 36.4 Å². The third kappa shape index (κ3) is 4.90. The predicted molar refractivity (Wildman–Crippen MR) is 121 cm³/mol. The van der Waals surface area contributed by atoms with Crippen molar-refractivity contribution in [3.8, 4) is 5.75 Å². The molecule has 0 bridgehead atoms. The molecular weight excluding hydrogens is 390 g/mol. The number of carbonyl (C=O) groups excluding carboxylic acids is 2. The van der Waals surface area contributed by atoms with Gasteiger partial charge in [0, 0.05) is 45.7 Å². The number of aryl methyl sites for hydroxylation is 1. The van der Waals surface area contributed by atoms with E-state index in [1.807, 2.05) is 36.1 Å². The molecule has 6 nitrogen and oxygen atoms in total. The molecule has 0 radical (unpaired) electrons. The van der Waals surface area contributed by atoms with Crippen molar-refractivity contribution in [3.63, 3.8) is 0 Å². The lowest BCUT2D eigenvalue weighted by molar-refractivity contribution is -0.135. The highest BCUT2D eigenvalue weighted by Crippen LogP contribution is 2.34. The molecule has 2 saturated heterocycles. The summed E-state index contributed by atoms with van der Waals surface area (Å²) in [6.07, 6.45) is 1.22. The Morgan fingerprint density at radius 1 is 1.06 bits per heavy atom. The largest absolute Gasteiger partial charge is 0.495 e. The molecular formula is C25H31N3O3. The number of methoxy groups -OCH3 is 1. The number of anilines is 1. The van der Waals surface area contributed by atoms with E-state index in [1.165, 1.54) is 5.56 Å². The lowest BCUT2D eigenvalue weighted by Crippen LogP contribution is -2.40. The molecule has 0 aliphatic carbocycles. The van der Waals surface area contributed by atoms with E-state index in [4.69, 9.17) is 4.74 Å². The summed E-state index contributed by atoms with van der Waals surface area (Å²) in [5.41, 5.74) is 3.11. The summed E-state index contributed by atoms with van der Waals surface area (Å²) >= 11 is 0. The Morgan fingerprint density at radius 3 is 2.65 bits per heavy atom. The zero-order chi connectivity index (χ0) is 21.8. The van der Waals surface area contributed by atoms with Gasteiger partial charge in [0.2, 0.25) is 11.8 Å². The fourth-order valence-corrected chi connectivity index (χ4v) is 4.57. The van der Waals surface area contributed by atoms with Crippen LogP contribution in [-0.2, 0) is 16.1 Å². The first kappa shape index (κ1) is 21.4. The van der Waals surface area contributed by atoms with Crippen LogP contribution >= 0.6 is 0 Å². The minimum absolute atomic E-state index is 0.0113. The predicted octanol–water partition coefficient (Wildman–Crippen LogP) is 3.09. The second kappa shape index (κ2) is 9.52. The van der Waals surface area contributed by atoms with E-state index in [9.17, 15) is 9.59 Å². The molecule has 2 amide bonds. The van der Waals surface area contributed by atoms with Crippen LogP contribution in [0.3, 0.4) is 0 Å². The molecule has 4 rings (SSSR count). The normalized spacial score (nSPS) is 20.1. The van der Waals surface area contributed by atoms with E-state index < -0.39 is 0 Å². The Labute approximate surface area is 184 Å². The fraction of sp³-hybridized carbons (Fsp3) is 0.440. The maximum absolute atomic E-state index is 13.3. The Balaban J connectivity index is 1.39. The van der Waals surface area contributed by atoms with Crippen molar-refractivity contribution in [1.29, 1.82) is 0 Å². The van der Waals surface area contributed by atoms with Crippen LogP contribution in [0.25, 0.3) is 0 Å². The number of ether oxygens (including phenoxy) is 1. The summed E-state index contributed by atoms with van der Waals surface area (Å²) < 4.78 is 5.46. The van der Waals surface area contributed by atoms with Gasteiger partial charge in [-0.2, -0.15) is 0 Å². The highest BCUT2D eigenvalue weighted by atomic mass is 16.5. The van der Waals surface area contributed by atoms with Crippen molar-refractivity contribution < 1.29 is 14.3 Å². The van der Waals surface area contributed by atoms with E-state index in [1.54, 1.807) is 12.0 Å². The Bertz CT molecular complexity index is 931. The van der Waals surface area contributed by atoms with Crippen LogP contribution in [0.1, 0.15) is 24.0 Å². The molecule has 2 fully saturated rings. The van der Waals surface area contributed by atoms with Crippen LogP contribution < -0.4 is 9.64 Å². The molecule has 1 unspecified atom stereocenters. The average molecular weight is 422 g/mol. The molecule has 1 atom stereocenters. The van der Waals surface area contributed by atoms with Crippen molar-refractivity contribution >= 4 is 17.5 Å². The van der Waals surface area contributed by atoms with Crippen molar-refractivity contribution in [2.24, 2.45) is 5.92 Å². The maximum atomic E-state index is 13.3. The van der Waals surface area contributed by atoms with E-state index in [0.29, 0.717) is 18.8 Å². The van der Waals surface area contributed by atoms with Gasteiger partial charge in [-0.25, -0.2) is 0 Å². The molecule has 2 aromatic rings. The lowest BCUT2D eigenvalue weighted by atomic mass is 10.1. The van der Waals surface area contributed by atoms with Gasteiger partial charge in [-0.15, -0.1) is 0 Å². The molecule has 2 heterocycles. The van der Waals surface area contributed by atoms with E-state index in [-0.39, 0.29) is 24.2 Å². The molecule has 6 heteroatoms. The smallest absolute Gasteiger partial charge is 0.228 e. The molecule has 31 heavy (non-hydrogen) atoms. The first-order valence-electron chi connectivity index (χ1n) is 11.0. The van der Waals surface area contributed by atoms with Crippen molar-refractivity contribution in [2.75, 3.05) is 44.7 Å². The monoisotopic (exact) mass is 421 g/mol. The first-order chi connectivity index (χ1) is 15.0. The minimum Gasteiger partial charge on any atom is -0.495 e. The number of carbonyl (C=O) groups is 2. The summed E-state index contributed by atoms with van der Waals surface area (Å²) in [5.74, 6) is 0.462. The minimum atomic E-state index is -0.293. The van der Waals surface area contributed by atoms with Crippen LogP contribution in [-0.4, -0.2) is 61.4 Å². The topological polar surface area (TPSA) is 53.1 Å². The van der Waals surface area contributed by atoms with Gasteiger partial charge < -0.3 is 14.5 Å². The lowest BCUT2D eigenvalue weighted by Gasteiger charge is -2.25. The van der Waals surface area contributed by atoms with Gasteiger partial charge in [-0.05, 0) is 36.6 Å². The third-order valence-corrected chi connectivity index (χ3v) is 6.25. The van der Waals surface area contributed by atoms with Crippen LogP contribution in [0.4, 0.5) is 5.69 Å². The molecule has 2 aliphatic heterocycles. The summed E-state index contributed by atoms with van der Waals surface area (Å²) in [6.45, 7) is 6.62. The number of benzene rings is 2. The Hall–Kier alpha value is -2.86. The van der Waals surface area contributed by atoms with Gasteiger partial charge in [-0.3, -0.25) is 14.5 Å². The van der Waals surface area contributed by atoms with Crippen molar-refractivity contribution in [1.82, 2.24) is 9.80 Å². The molecule has 0 N–H and O–H groups in total. The maximum Gasteiger partial charge on any atom is 0.228 e. The summed E-state index contributed by atoms with van der Waals surface area (Å²) in [6, 6.07) is 16.2. The van der Waals surface area contributed by atoms with Crippen LogP contribution in [0.2, 0.25) is 0 Å². The molecule has 164 valence electrons.